The highest BCUT2D eigenvalue weighted by Crippen LogP contribution is 2.15. The van der Waals surface area contributed by atoms with Gasteiger partial charge in [-0.1, -0.05) is 12.8 Å². The van der Waals surface area contributed by atoms with Gasteiger partial charge in [-0.15, -0.1) is 0 Å². The smallest absolute Gasteiger partial charge is 0.317 e. The summed E-state index contributed by atoms with van der Waals surface area (Å²) in [5.41, 5.74) is 0. The summed E-state index contributed by atoms with van der Waals surface area (Å²) in [4.78, 5) is 13.7. The molecule has 0 unspecified atom stereocenters. The van der Waals surface area contributed by atoms with Crippen LogP contribution in [0.25, 0.3) is 0 Å². The molecule has 1 aromatic rings. The van der Waals surface area contributed by atoms with Gasteiger partial charge in [0.25, 0.3) is 0 Å². The molecule has 1 aromatic carbocycles. The average molecular weight is 298 g/mol. The largest absolute Gasteiger partial charge is 0.492 e. The molecule has 2 amide bonds. The first-order chi connectivity index (χ1) is 10.2. The number of carbonyl (C=O) groups excluding carboxylic acids is 1. The zero-order chi connectivity index (χ0) is 15.1. The number of halogens is 2. The summed E-state index contributed by atoms with van der Waals surface area (Å²) in [6.45, 7) is 2.12. The summed E-state index contributed by atoms with van der Waals surface area (Å²) in [7, 11) is 0. The fourth-order valence-electron chi connectivity index (χ4n) is 2.28. The zero-order valence-corrected chi connectivity index (χ0v) is 11.9. The van der Waals surface area contributed by atoms with E-state index in [1.165, 1.54) is 18.9 Å². The molecule has 0 saturated carbocycles. The fraction of sp³-hybridized carbons (Fsp3) is 0.533. The highest BCUT2D eigenvalue weighted by molar-refractivity contribution is 5.74. The average Bonchev–Trinajstić information content (AvgIpc) is 2.76. The monoisotopic (exact) mass is 298 g/mol. The molecule has 0 bridgehead atoms. The maximum atomic E-state index is 13.0. The van der Waals surface area contributed by atoms with Gasteiger partial charge in [-0.2, -0.15) is 0 Å². The second-order valence-corrected chi connectivity index (χ2v) is 5.06. The van der Waals surface area contributed by atoms with E-state index in [0.29, 0.717) is 6.54 Å². The van der Waals surface area contributed by atoms with Crippen LogP contribution in [0.4, 0.5) is 13.6 Å². The van der Waals surface area contributed by atoms with Crippen molar-refractivity contribution >= 4 is 6.03 Å². The molecule has 1 saturated heterocycles. The van der Waals surface area contributed by atoms with E-state index < -0.39 is 11.6 Å². The third kappa shape index (κ3) is 4.88. The summed E-state index contributed by atoms with van der Waals surface area (Å²) in [5.74, 6) is -1.60. The van der Waals surface area contributed by atoms with Crippen LogP contribution in [0.15, 0.2) is 18.2 Å². The van der Waals surface area contributed by atoms with E-state index in [0.717, 1.165) is 38.1 Å². The van der Waals surface area contributed by atoms with Gasteiger partial charge in [0.1, 0.15) is 12.4 Å². The summed E-state index contributed by atoms with van der Waals surface area (Å²) in [5, 5.41) is 2.77. The van der Waals surface area contributed by atoms with Crippen LogP contribution in [0.2, 0.25) is 0 Å². The number of hydrogen-bond acceptors (Lipinski definition) is 2. The highest BCUT2D eigenvalue weighted by Gasteiger charge is 2.14. The van der Waals surface area contributed by atoms with E-state index in [-0.39, 0.29) is 18.4 Å². The van der Waals surface area contributed by atoms with E-state index in [4.69, 9.17) is 4.74 Å². The van der Waals surface area contributed by atoms with Crippen molar-refractivity contribution < 1.29 is 18.3 Å². The summed E-state index contributed by atoms with van der Waals surface area (Å²) >= 11 is 0. The van der Waals surface area contributed by atoms with Gasteiger partial charge < -0.3 is 15.0 Å². The van der Waals surface area contributed by atoms with E-state index >= 15 is 0 Å². The fourth-order valence-corrected chi connectivity index (χ4v) is 2.28. The Labute approximate surface area is 123 Å². The Hall–Kier alpha value is -1.85. The van der Waals surface area contributed by atoms with Gasteiger partial charge in [0.2, 0.25) is 0 Å². The summed E-state index contributed by atoms with van der Waals surface area (Å²) in [6.07, 6.45) is 4.42. The van der Waals surface area contributed by atoms with Crippen LogP contribution in [0.3, 0.4) is 0 Å². The third-order valence-electron chi connectivity index (χ3n) is 3.43. The Morgan fingerprint density at radius 2 is 1.86 bits per heavy atom. The van der Waals surface area contributed by atoms with Crippen LogP contribution in [0.1, 0.15) is 25.7 Å². The van der Waals surface area contributed by atoms with Crippen molar-refractivity contribution in [3.63, 3.8) is 0 Å². The molecule has 1 aliphatic heterocycles. The SMILES string of the molecule is O=C(NCCOc1ccc(F)c(F)c1)N1CCCCCC1. The molecule has 6 heteroatoms. The highest BCUT2D eigenvalue weighted by atomic mass is 19.2. The quantitative estimate of drug-likeness (QED) is 0.868. The predicted octanol–water partition coefficient (Wildman–Crippen LogP) is 2.93. The van der Waals surface area contributed by atoms with Crippen molar-refractivity contribution in [1.29, 1.82) is 0 Å². The number of benzene rings is 1. The van der Waals surface area contributed by atoms with Crippen molar-refractivity contribution in [3.8, 4) is 5.75 Å². The number of rotatable bonds is 4. The van der Waals surface area contributed by atoms with Crippen LogP contribution >= 0.6 is 0 Å². The summed E-state index contributed by atoms with van der Waals surface area (Å²) in [6, 6.07) is 3.27. The standard InChI is InChI=1S/C15H20F2N2O2/c16-13-6-5-12(11-14(13)17)21-10-7-18-15(20)19-8-3-1-2-4-9-19/h5-6,11H,1-4,7-10H2,(H,18,20). The lowest BCUT2D eigenvalue weighted by Crippen LogP contribution is -2.41. The molecule has 116 valence electrons. The Balaban J connectivity index is 1.68. The molecular weight excluding hydrogens is 278 g/mol. The van der Waals surface area contributed by atoms with Gasteiger partial charge in [-0.25, -0.2) is 13.6 Å². The molecule has 0 aliphatic carbocycles. The van der Waals surface area contributed by atoms with Crippen molar-refractivity contribution in [3.05, 3.63) is 29.8 Å². The van der Waals surface area contributed by atoms with E-state index in [9.17, 15) is 13.6 Å². The number of hydrogen-bond donors (Lipinski definition) is 1. The van der Waals surface area contributed by atoms with Crippen LogP contribution < -0.4 is 10.1 Å². The molecule has 0 atom stereocenters. The number of ether oxygens (including phenoxy) is 1. The Morgan fingerprint density at radius 1 is 1.14 bits per heavy atom. The van der Waals surface area contributed by atoms with Gasteiger partial charge in [0.15, 0.2) is 11.6 Å². The number of urea groups is 1. The molecule has 2 rings (SSSR count). The maximum absolute atomic E-state index is 13.0. The Kier molecular flexibility index (Phi) is 5.78. The Morgan fingerprint density at radius 3 is 2.52 bits per heavy atom. The van der Waals surface area contributed by atoms with Gasteiger partial charge in [0, 0.05) is 19.2 Å². The van der Waals surface area contributed by atoms with E-state index in [1.54, 1.807) is 0 Å². The minimum atomic E-state index is -0.943. The van der Waals surface area contributed by atoms with Crippen molar-refractivity contribution in [1.82, 2.24) is 10.2 Å². The van der Waals surface area contributed by atoms with Crippen LogP contribution in [0, 0.1) is 11.6 Å². The molecule has 0 spiro atoms. The normalized spacial score (nSPS) is 15.4. The van der Waals surface area contributed by atoms with Crippen molar-refractivity contribution in [2.45, 2.75) is 25.7 Å². The zero-order valence-electron chi connectivity index (χ0n) is 11.9. The third-order valence-corrected chi connectivity index (χ3v) is 3.43. The van der Waals surface area contributed by atoms with Gasteiger partial charge >= 0.3 is 6.03 Å². The van der Waals surface area contributed by atoms with Crippen LogP contribution in [-0.4, -0.2) is 37.2 Å². The molecule has 1 N–H and O–H groups in total. The van der Waals surface area contributed by atoms with Crippen LogP contribution in [-0.2, 0) is 0 Å². The second-order valence-electron chi connectivity index (χ2n) is 5.06. The lowest BCUT2D eigenvalue weighted by Gasteiger charge is -2.20. The van der Waals surface area contributed by atoms with E-state index in [2.05, 4.69) is 5.32 Å². The Bertz CT molecular complexity index is 475. The van der Waals surface area contributed by atoms with Gasteiger partial charge in [0.05, 0.1) is 6.54 Å². The molecule has 1 aliphatic rings. The first-order valence-corrected chi connectivity index (χ1v) is 7.27. The minimum Gasteiger partial charge on any atom is -0.492 e. The number of likely N-dealkylation sites (tertiary alicyclic amines) is 1. The second kappa shape index (κ2) is 7.81. The number of carbonyl (C=O) groups is 1. The van der Waals surface area contributed by atoms with E-state index in [1.807, 2.05) is 4.90 Å². The van der Waals surface area contributed by atoms with Crippen molar-refractivity contribution in [2.24, 2.45) is 0 Å². The summed E-state index contributed by atoms with van der Waals surface area (Å²) < 4.78 is 31.0. The number of amides is 2. The predicted molar refractivity (Wildman–Crippen MR) is 75.3 cm³/mol. The first kappa shape index (κ1) is 15.5. The molecule has 0 aromatic heterocycles. The van der Waals surface area contributed by atoms with Crippen LogP contribution in [0.5, 0.6) is 5.75 Å². The maximum Gasteiger partial charge on any atom is 0.317 e. The minimum absolute atomic E-state index is 0.0919. The van der Waals surface area contributed by atoms with Gasteiger partial charge in [-0.05, 0) is 25.0 Å². The first-order valence-electron chi connectivity index (χ1n) is 7.27. The number of nitrogens with one attached hydrogen (secondary N) is 1. The lowest BCUT2D eigenvalue weighted by molar-refractivity contribution is 0.196. The van der Waals surface area contributed by atoms with Crippen molar-refractivity contribution in [2.75, 3.05) is 26.2 Å². The lowest BCUT2D eigenvalue weighted by atomic mass is 10.2. The molecule has 1 fully saturated rings. The molecule has 1 heterocycles. The molecule has 0 radical (unpaired) electrons. The molecule has 21 heavy (non-hydrogen) atoms. The molecule has 4 nitrogen and oxygen atoms in total. The van der Waals surface area contributed by atoms with Gasteiger partial charge in [-0.3, -0.25) is 0 Å². The molecular formula is C15H20F2N2O2. The topological polar surface area (TPSA) is 41.6 Å². The number of nitrogens with zero attached hydrogens (tertiary/aromatic N) is 1.